The van der Waals surface area contributed by atoms with E-state index >= 15 is 0 Å². The highest BCUT2D eigenvalue weighted by atomic mass is 35.5. The molecule has 1 heterocycles. The third kappa shape index (κ3) is 6.43. The first-order chi connectivity index (χ1) is 14.9. The van der Waals surface area contributed by atoms with Gasteiger partial charge in [0.1, 0.15) is 5.75 Å². The van der Waals surface area contributed by atoms with Crippen LogP contribution in [-0.2, 0) is 4.79 Å². The first-order valence-electron chi connectivity index (χ1n) is 8.83. The van der Waals surface area contributed by atoms with E-state index in [4.69, 9.17) is 32.4 Å². The first-order valence-corrected chi connectivity index (χ1v) is 9.59. The lowest BCUT2D eigenvalue weighted by Crippen LogP contribution is -2.34. The molecule has 2 amide bonds. The molecular weight excluding hydrogens is 445 g/mol. The number of nitrogens with zero attached hydrogens (tertiary/aromatic N) is 1. The lowest BCUT2D eigenvalue weighted by atomic mass is 10.2. The molecule has 31 heavy (non-hydrogen) atoms. The highest BCUT2D eigenvalue weighted by Crippen LogP contribution is 2.22. The molecule has 0 aliphatic heterocycles. The van der Waals surface area contributed by atoms with Gasteiger partial charge in [0, 0.05) is 5.56 Å². The molecule has 0 radical (unpaired) electrons. The van der Waals surface area contributed by atoms with Gasteiger partial charge in [0.05, 0.1) is 29.1 Å². The van der Waals surface area contributed by atoms with Crippen LogP contribution in [0.1, 0.15) is 26.5 Å². The number of ether oxygens (including phenoxy) is 1. The number of esters is 1. The van der Waals surface area contributed by atoms with Crippen LogP contribution in [0.2, 0.25) is 10.0 Å². The van der Waals surface area contributed by atoms with Gasteiger partial charge in [-0.3, -0.25) is 9.59 Å². The number of carbonyl (C=O) groups excluding carboxylic acids is 3. The Morgan fingerprint density at radius 3 is 2.48 bits per heavy atom. The number of furan rings is 1. The van der Waals surface area contributed by atoms with Crippen molar-refractivity contribution in [2.24, 2.45) is 5.10 Å². The average molecular weight is 460 g/mol. The molecule has 0 unspecified atom stereocenters. The molecule has 3 aromatic rings. The predicted molar refractivity (Wildman–Crippen MR) is 115 cm³/mol. The standard InChI is InChI=1S/C21H15Cl2N3O5/c22-16-8-5-14(10-17(16)23)20(28)24-12-19(27)26-25-11-13-3-6-15(7-4-13)31-21(29)18-2-1-9-30-18/h1-11H,12H2,(H,24,28)(H,26,27)/b25-11+. The number of rotatable bonds is 7. The zero-order valence-corrected chi connectivity index (χ0v) is 17.3. The fourth-order valence-corrected chi connectivity index (χ4v) is 2.59. The first kappa shape index (κ1) is 22.1. The smallest absolute Gasteiger partial charge is 0.379 e. The van der Waals surface area contributed by atoms with Crippen molar-refractivity contribution in [1.82, 2.24) is 10.7 Å². The summed E-state index contributed by atoms with van der Waals surface area (Å²) in [5, 5.41) is 6.83. The second kappa shape index (κ2) is 10.4. The SMILES string of the molecule is O=C(CNC(=O)c1ccc(Cl)c(Cl)c1)N/N=C/c1ccc(OC(=O)c2ccco2)cc1. The van der Waals surface area contributed by atoms with Crippen LogP contribution in [0.5, 0.6) is 5.75 Å². The third-order valence-electron chi connectivity index (χ3n) is 3.81. The van der Waals surface area contributed by atoms with Crippen molar-refractivity contribution in [3.63, 3.8) is 0 Å². The Bertz CT molecular complexity index is 1110. The molecule has 0 fully saturated rings. The fourth-order valence-electron chi connectivity index (χ4n) is 2.29. The Hall–Kier alpha value is -3.62. The summed E-state index contributed by atoms with van der Waals surface area (Å²) in [6, 6.07) is 13.9. The minimum Gasteiger partial charge on any atom is -0.457 e. The van der Waals surface area contributed by atoms with Gasteiger partial charge in [0.25, 0.3) is 11.8 Å². The topological polar surface area (TPSA) is 110 Å². The van der Waals surface area contributed by atoms with Gasteiger partial charge >= 0.3 is 5.97 Å². The van der Waals surface area contributed by atoms with E-state index in [1.165, 1.54) is 36.7 Å². The van der Waals surface area contributed by atoms with E-state index in [1.54, 1.807) is 30.3 Å². The summed E-state index contributed by atoms with van der Waals surface area (Å²) in [5.74, 6) is -1.18. The predicted octanol–water partition coefficient (Wildman–Crippen LogP) is 3.69. The lowest BCUT2D eigenvalue weighted by Gasteiger charge is -2.05. The van der Waals surface area contributed by atoms with Crippen molar-refractivity contribution in [3.05, 3.63) is 87.8 Å². The number of halogens is 2. The monoisotopic (exact) mass is 459 g/mol. The number of nitrogens with one attached hydrogen (secondary N) is 2. The van der Waals surface area contributed by atoms with Gasteiger partial charge in [-0.25, -0.2) is 10.2 Å². The van der Waals surface area contributed by atoms with Gasteiger partial charge < -0.3 is 14.5 Å². The highest BCUT2D eigenvalue weighted by molar-refractivity contribution is 6.42. The molecule has 0 saturated heterocycles. The Morgan fingerprint density at radius 1 is 1.03 bits per heavy atom. The number of amides is 2. The summed E-state index contributed by atoms with van der Waals surface area (Å²) < 4.78 is 10.1. The van der Waals surface area contributed by atoms with Crippen LogP contribution in [-0.4, -0.2) is 30.5 Å². The molecule has 0 spiro atoms. The summed E-state index contributed by atoms with van der Waals surface area (Å²) in [4.78, 5) is 35.6. The van der Waals surface area contributed by atoms with Crippen molar-refractivity contribution < 1.29 is 23.5 Å². The molecule has 1 aromatic heterocycles. The van der Waals surface area contributed by atoms with Crippen LogP contribution in [0.15, 0.2) is 70.4 Å². The molecule has 0 bridgehead atoms. The second-order valence-corrected chi connectivity index (χ2v) is 6.86. The number of benzene rings is 2. The summed E-state index contributed by atoms with van der Waals surface area (Å²) in [5.41, 5.74) is 3.22. The maximum absolute atomic E-state index is 12.0. The van der Waals surface area contributed by atoms with Crippen molar-refractivity contribution in [1.29, 1.82) is 0 Å². The van der Waals surface area contributed by atoms with E-state index in [2.05, 4.69) is 15.8 Å². The van der Waals surface area contributed by atoms with Crippen LogP contribution in [0.3, 0.4) is 0 Å². The maximum atomic E-state index is 12.0. The van der Waals surface area contributed by atoms with E-state index in [-0.39, 0.29) is 22.9 Å². The minimum atomic E-state index is -0.610. The van der Waals surface area contributed by atoms with Crippen molar-refractivity contribution in [3.8, 4) is 5.75 Å². The molecule has 10 heteroatoms. The minimum absolute atomic E-state index is 0.0969. The summed E-state index contributed by atoms with van der Waals surface area (Å²) >= 11 is 11.7. The maximum Gasteiger partial charge on any atom is 0.379 e. The fraction of sp³-hybridized carbons (Fsp3) is 0.0476. The van der Waals surface area contributed by atoms with Gasteiger partial charge in [0.2, 0.25) is 5.76 Å². The highest BCUT2D eigenvalue weighted by Gasteiger charge is 2.11. The number of hydrogen-bond acceptors (Lipinski definition) is 6. The molecule has 3 rings (SSSR count). The van der Waals surface area contributed by atoms with Gasteiger partial charge in [-0.1, -0.05) is 23.2 Å². The quantitative estimate of drug-likeness (QED) is 0.242. The Kier molecular flexibility index (Phi) is 7.42. The van der Waals surface area contributed by atoms with Crippen LogP contribution >= 0.6 is 23.2 Å². The molecule has 0 atom stereocenters. The van der Waals surface area contributed by atoms with Crippen LogP contribution in [0, 0.1) is 0 Å². The van der Waals surface area contributed by atoms with E-state index in [0.29, 0.717) is 16.3 Å². The summed E-state index contributed by atoms with van der Waals surface area (Å²) in [6.45, 7) is -0.280. The molecule has 0 saturated carbocycles. The summed E-state index contributed by atoms with van der Waals surface area (Å²) in [6.07, 6.45) is 2.78. The molecule has 8 nitrogen and oxygen atoms in total. The molecule has 0 aliphatic carbocycles. The molecule has 0 aliphatic rings. The van der Waals surface area contributed by atoms with Crippen molar-refractivity contribution in [2.75, 3.05) is 6.54 Å². The van der Waals surface area contributed by atoms with E-state index in [0.717, 1.165) is 0 Å². The second-order valence-electron chi connectivity index (χ2n) is 6.04. The third-order valence-corrected chi connectivity index (χ3v) is 4.55. The van der Waals surface area contributed by atoms with Gasteiger partial charge in [0.15, 0.2) is 0 Å². The van der Waals surface area contributed by atoms with Crippen LogP contribution in [0.4, 0.5) is 0 Å². The molecular formula is C21H15Cl2N3O5. The Balaban J connectivity index is 1.44. The zero-order chi connectivity index (χ0) is 22.2. The van der Waals surface area contributed by atoms with Gasteiger partial charge in [-0.15, -0.1) is 0 Å². The molecule has 158 valence electrons. The van der Waals surface area contributed by atoms with Crippen molar-refractivity contribution in [2.45, 2.75) is 0 Å². The largest absolute Gasteiger partial charge is 0.457 e. The number of carbonyl (C=O) groups is 3. The van der Waals surface area contributed by atoms with Crippen molar-refractivity contribution >= 4 is 47.2 Å². The zero-order valence-electron chi connectivity index (χ0n) is 15.8. The van der Waals surface area contributed by atoms with E-state index in [1.807, 2.05) is 0 Å². The average Bonchev–Trinajstić information content (AvgIpc) is 3.30. The lowest BCUT2D eigenvalue weighted by molar-refractivity contribution is -0.120. The van der Waals surface area contributed by atoms with Crippen LogP contribution in [0.25, 0.3) is 0 Å². The van der Waals surface area contributed by atoms with E-state index in [9.17, 15) is 14.4 Å². The number of hydrogen-bond donors (Lipinski definition) is 2. The summed E-state index contributed by atoms with van der Waals surface area (Å²) in [7, 11) is 0. The Morgan fingerprint density at radius 2 is 1.81 bits per heavy atom. The molecule has 2 N–H and O–H groups in total. The Labute approximate surface area is 186 Å². The number of hydrazone groups is 1. The van der Waals surface area contributed by atoms with Gasteiger partial charge in [-0.2, -0.15) is 5.10 Å². The normalized spacial score (nSPS) is 10.6. The molecule has 2 aromatic carbocycles. The van der Waals surface area contributed by atoms with Gasteiger partial charge in [-0.05, 0) is 60.2 Å². The van der Waals surface area contributed by atoms with Crippen LogP contribution < -0.4 is 15.5 Å². The van der Waals surface area contributed by atoms with E-state index < -0.39 is 17.8 Å².